The first-order valence-corrected chi connectivity index (χ1v) is 4.73. The van der Waals surface area contributed by atoms with Crippen LogP contribution in [-0.2, 0) is 0 Å². The zero-order valence-corrected chi connectivity index (χ0v) is 7.29. The van der Waals surface area contributed by atoms with Crippen molar-refractivity contribution in [1.82, 2.24) is 4.90 Å². The summed E-state index contributed by atoms with van der Waals surface area (Å²) >= 11 is 0. The second-order valence-corrected chi connectivity index (χ2v) is 4.07. The smallest absolute Gasteiger partial charge is 0.0147 e. The Balaban J connectivity index is 1.88. The molecular formula is C9H18N2. The Morgan fingerprint density at radius 3 is 2.45 bits per heavy atom. The van der Waals surface area contributed by atoms with Gasteiger partial charge in [0.15, 0.2) is 0 Å². The van der Waals surface area contributed by atoms with Gasteiger partial charge < -0.3 is 10.6 Å². The van der Waals surface area contributed by atoms with E-state index in [0.29, 0.717) is 0 Å². The molecule has 11 heavy (non-hydrogen) atoms. The van der Waals surface area contributed by atoms with Crippen molar-refractivity contribution < 1.29 is 0 Å². The Labute approximate surface area is 68.7 Å². The van der Waals surface area contributed by atoms with E-state index in [-0.39, 0.29) is 0 Å². The average molecular weight is 154 g/mol. The van der Waals surface area contributed by atoms with Crippen molar-refractivity contribution in [2.24, 2.45) is 17.6 Å². The predicted octanol–water partition coefficient (Wildman–Crippen LogP) is 0.675. The van der Waals surface area contributed by atoms with E-state index >= 15 is 0 Å². The first kappa shape index (κ1) is 7.56. The second kappa shape index (κ2) is 2.76. The minimum absolute atomic E-state index is 0.814. The first-order valence-electron chi connectivity index (χ1n) is 4.73. The maximum Gasteiger partial charge on any atom is 0.0147 e. The fraction of sp³-hybridized carbons (Fsp3) is 1.00. The summed E-state index contributed by atoms with van der Waals surface area (Å²) in [4.78, 5) is 2.45. The van der Waals surface area contributed by atoms with Gasteiger partial charge >= 0.3 is 0 Å². The summed E-state index contributed by atoms with van der Waals surface area (Å²) in [7, 11) is 2.22. The quantitative estimate of drug-likeness (QED) is 0.647. The summed E-state index contributed by atoms with van der Waals surface area (Å²) in [5.41, 5.74) is 5.76. The minimum atomic E-state index is 0.814. The molecule has 2 rings (SSSR count). The molecule has 64 valence electrons. The fourth-order valence-electron chi connectivity index (χ4n) is 2.27. The topological polar surface area (TPSA) is 29.3 Å². The van der Waals surface area contributed by atoms with Gasteiger partial charge in [0, 0.05) is 6.04 Å². The molecule has 2 unspecified atom stereocenters. The third-order valence-electron chi connectivity index (χ3n) is 3.34. The van der Waals surface area contributed by atoms with Crippen molar-refractivity contribution >= 4 is 0 Å². The van der Waals surface area contributed by atoms with E-state index in [9.17, 15) is 0 Å². The van der Waals surface area contributed by atoms with E-state index in [1.807, 2.05) is 0 Å². The van der Waals surface area contributed by atoms with E-state index in [1.54, 1.807) is 0 Å². The monoisotopic (exact) mass is 154 g/mol. The van der Waals surface area contributed by atoms with Gasteiger partial charge in [-0.05, 0) is 51.2 Å². The molecule has 0 aromatic rings. The van der Waals surface area contributed by atoms with Crippen LogP contribution in [-0.4, -0.2) is 31.1 Å². The summed E-state index contributed by atoms with van der Waals surface area (Å²) in [5, 5.41) is 0. The molecule has 1 heterocycles. The average Bonchev–Trinajstić information content (AvgIpc) is 2.79. The second-order valence-electron chi connectivity index (χ2n) is 4.07. The van der Waals surface area contributed by atoms with Gasteiger partial charge in [-0.3, -0.25) is 0 Å². The Morgan fingerprint density at radius 1 is 1.45 bits per heavy atom. The molecular weight excluding hydrogens is 136 g/mol. The number of nitrogens with zero attached hydrogens (tertiary/aromatic N) is 1. The number of hydrogen-bond donors (Lipinski definition) is 1. The van der Waals surface area contributed by atoms with Crippen LogP contribution in [0.2, 0.25) is 0 Å². The van der Waals surface area contributed by atoms with Crippen LogP contribution in [0.3, 0.4) is 0 Å². The van der Waals surface area contributed by atoms with Gasteiger partial charge in [0.2, 0.25) is 0 Å². The molecule has 0 spiro atoms. The molecule has 0 aromatic heterocycles. The Hall–Kier alpha value is -0.0800. The molecule has 1 aliphatic heterocycles. The molecule has 2 aliphatic rings. The van der Waals surface area contributed by atoms with Crippen LogP contribution in [0.15, 0.2) is 0 Å². The highest BCUT2D eigenvalue weighted by molar-refractivity contribution is 4.94. The van der Waals surface area contributed by atoms with Gasteiger partial charge in [0.25, 0.3) is 0 Å². The van der Waals surface area contributed by atoms with Gasteiger partial charge in [-0.1, -0.05) is 0 Å². The van der Waals surface area contributed by atoms with Crippen molar-refractivity contribution in [2.45, 2.75) is 25.3 Å². The first-order chi connectivity index (χ1) is 5.33. The Kier molecular flexibility index (Phi) is 1.90. The third kappa shape index (κ3) is 1.30. The van der Waals surface area contributed by atoms with Crippen LogP contribution in [0, 0.1) is 11.8 Å². The van der Waals surface area contributed by atoms with Gasteiger partial charge in [-0.25, -0.2) is 0 Å². The highest BCUT2D eigenvalue weighted by atomic mass is 15.2. The standard InChI is InChI=1S/C9H18N2/c1-11-5-4-9(11)8(6-10)7-2-3-7/h7-9H,2-6,10H2,1H3. The lowest BCUT2D eigenvalue weighted by Gasteiger charge is -2.43. The summed E-state index contributed by atoms with van der Waals surface area (Å²) in [6.07, 6.45) is 4.26. The Bertz CT molecular complexity index is 142. The molecule has 1 saturated carbocycles. The van der Waals surface area contributed by atoms with Crippen molar-refractivity contribution in [3.05, 3.63) is 0 Å². The van der Waals surface area contributed by atoms with E-state index in [0.717, 1.165) is 24.4 Å². The predicted molar refractivity (Wildman–Crippen MR) is 46.3 cm³/mol. The zero-order valence-electron chi connectivity index (χ0n) is 7.29. The molecule has 1 saturated heterocycles. The van der Waals surface area contributed by atoms with Crippen LogP contribution >= 0.6 is 0 Å². The molecule has 0 aromatic carbocycles. The number of hydrogen-bond acceptors (Lipinski definition) is 2. The number of nitrogens with two attached hydrogens (primary N) is 1. The van der Waals surface area contributed by atoms with Crippen LogP contribution in [0.25, 0.3) is 0 Å². The normalized spacial score (nSPS) is 34.9. The van der Waals surface area contributed by atoms with Crippen LogP contribution in [0.1, 0.15) is 19.3 Å². The SMILES string of the molecule is CN1CCC1C(CN)C1CC1. The highest BCUT2D eigenvalue weighted by Crippen LogP contribution is 2.41. The van der Waals surface area contributed by atoms with E-state index in [2.05, 4.69) is 11.9 Å². The molecule has 2 nitrogen and oxygen atoms in total. The lowest BCUT2D eigenvalue weighted by Crippen LogP contribution is -2.51. The largest absolute Gasteiger partial charge is 0.330 e. The summed E-state index contributed by atoms with van der Waals surface area (Å²) in [5.74, 6) is 1.79. The van der Waals surface area contributed by atoms with Crippen molar-refractivity contribution in [3.63, 3.8) is 0 Å². The maximum atomic E-state index is 5.76. The number of rotatable bonds is 3. The van der Waals surface area contributed by atoms with Gasteiger partial charge in [0.1, 0.15) is 0 Å². The van der Waals surface area contributed by atoms with Gasteiger partial charge in [-0.2, -0.15) is 0 Å². The van der Waals surface area contributed by atoms with Crippen molar-refractivity contribution in [3.8, 4) is 0 Å². The number of likely N-dealkylation sites (tertiary alicyclic amines) is 1. The van der Waals surface area contributed by atoms with Gasteiger partial charge in [-0.15, -0.1) is 0 Å². The van der Waals surface area contributed by atoms with Crippen molar-refractivity contribution in [2.75, 3.05) is 20.1 Å². The molecule has 2 fully saturated rings. The molecule has 0 bridgehead atoms. The zero-order chi connectivity index (χ0) is 7.84. The fourth-order valence-corrected chi connectivity index (χ4v) is 2.27. The van der Waals surface area contributed by atoms with Crippen molar-refractivity contribution in [1.29, 1.82) is 0 Å². The molecule has 2 atom stereocenters. The lowest BCUT2D eigenvalue weighted by molar-refractivity contribution is 0.0665. The molecule has 2 heteroatoms. The van der Waals surface area contributed by atoms with Crippen LogP contribution in [0.4, 0.5) is 0 Å². The van der Waals surface area contributed by atoms with E-state index in [1.165, 1.54) is 25.8 Å². The molecule has 2 N–H and O–H groups in total. The minimum Gasteiger partial charge on any atom is -0.330 e. The lowest BCUT2D eigenvalue weighted by atomic mass is 9.86. The highest BCUT2D eigenvalue weighted by Gasteiger charge is 2.40. The summed E-state index contributed by atoms with van der Waals surface area (Å²) < 4.78 is 0. The summed E-state index contributed by atoms with van der Waals surface area (Å²) in [6, 6.07) is 0.826. The summed E-state index contributed by atoms with van der Waals surface area (Å²) in [6.45, 7) is 2.19. The molecule has 0 radical (unpaired) electrons. The van der Waals surface area contributed by atoms with Crippen LogP contribution < -0.4 is 5.73 Å². The van der Waals surface area contributed by atoms with E-state index in [4.69, 9.17) is 5.73 Å². The third-order valence-corrected chi connectivity index (χ3v) is 3.34. The van der Waals surface area contributed by atoms with Crippen LogP contribution in [0.5, 0.6) is 0 Å². The Morgan fingerprint density at radius 2 is 2.18 bits per heavy atom. The van der Waals surface area contributed by atoms with E-state index < -0.39 is 0 Å². The molecule has 1 aliphatic carbocycles. The maximum absolute atomic E-state index is 5.76. The molecule has 0 amide bonds. The van der Waals surface area contributed by atoms with Gasteiger partial charge in [0.05, 0.1) is 0 Å².